The lowest BCUT2D eigenvalue weighted by molar-refractivity contribution is 0.536. The molecule has 1 nitrogen and oxygen atoms in total. The summed E-state index contributed by atoms with van der Waals surface area (Å²) in [5.74, 6) is 0. The topological polar surface area (TPSA) is 20.2 Å². The van der Waals surface area contributed by atoms with Gasteiger partial charge in [0.05, 0.1) is 0 Å². The Hall–Kier alpha value is 0.177. The maximum Gasteiger partial charge on any atom is 0.224 e. The van der Waals surface area contributed by atoms with E-state index in [4.69, 9.17) is 4.80 Å². The standard InChI is InChI=1S/C16H34OSi/c1-2-3-4-5-6-7-8-9-10-11-12-13-14-15-16-18-17/h17H,2-16H2,1H3. The van der Waals surface area contributed by atoms with Gasteiger partial charge in [0.1, 0.15) is 0 Å². The molecule has 108 valence electrons. The molecule has 0 aliphatic rings. The Kier molecular flexibility index (Phi) is 17.3. The minimum atomic E-state index is 0.169. The van der Waals surface area contributed by atoms with E-state index in [1.807, 2.05) is 0 Å². The van der Waals surface area contributed by atoms with Crippen molar-refractivity contribution in [1.29, 1.82) is 0 Å². The van der Waals surface area contributed by atoms with Crippen molar-refractivity contribution in [3.63, 3.8) is 0 Å². The number of rotatable bonds is 15. The fraction of sp³-hybridized carbons (Fsp3) is 1.00. The van der Waals surface area contributed by atoms with Gasteiger partial charge in [0, 0.05) is 0 Å². The first-order chi connectivity index (χ1) is 8.91. The smallest absolute Gasteiger partial charge is 0.224 e. The van der Waals surface area contributed by atoms with Crippen molar-refractivity contribution in [2.75, 3.05) is 0 Å². The van der Waals surface area contributed by atoms with Crippen molar-refractivity contribution < 1.29 is 4.80 Å². The Morgan fingerprint density at radius 2 is 0.889 bits per heavy atom. The van der Waals surface area contributed by atoms with Gasteiger partial charge in [-0.05, 0) is 6.04 Å². The summed E-state index contributed by atoms with van der Waals surface area (Å²) in [7, 11) is 0.169. The third-order valence-electron chi connectivity index (χ3n) is 3.64. The fourth-order valence-electron chi connectivity index (χ4n) is 2.40. The maximum absolute atomic E-state index is 8.69. The van der Waals surface area contributed by atoms with Gasteiger partial charge in [-0.3, -0.25) is 0 Å². The van der Waals surface area contributed by atoms with Gasteiger partial charge in [0.15, 0.2) is 0 Å². The molecule has 0 heterocycles. The van der Waals surface area contributed by atoms with Crippen LogP contribution in [0.15, 0.2) is 0 Å². The van der Waals surface area contributed by atoms with Crippen molar-refractivity contribution in [3.8, 4) is 0 Å². The van der Waals surface area contributed by atoms with Gasteiger partial charge in [-0.2, -0.15) is 0 Å². The highest BCUT2D eigenvalue weighted by Crippen LogP contribution is 2.13. The predicted molar refractivity (Wildman–Crippen MR) is 83.1 cm³/mol. The van der Waals surface area contributed by atoms with E-state index in [-0.39, 0.29) is 9.76 Å². The van der Waals surface area contributed by atoms with Gasteiger partial charge in [0.25, 0.3) is 0 Å². The molecule has 1 N–H and O–H groups in total. The summed E-state index contributed by atoms with van der Waals surface area (Å²) in [6, 6.07) is 1.03. The summed E-state index contributed by atoms with van der Waals surface area (Å²) in [6.45, 7) is 2.28. The summed E-state index contributed by atoms with van der Waals surface area (Å²) in [6.07, 6.45) is 19.7. The molecule has 0 amide bonds. The van der Waals surface area contributed by atoms with Crippen molar-refractivity contribution in [1.82, 2.24) is 0 Å². The molecule has 0 aliphatic heterocycles. The lowest BCUT2D eigenvalue weighted by atomic mass is 10.0. The summed E-state index contributed by atoms with van der Waals surface area (Å²) in [5.41, 5.74) is 0. The van der Waals surface area contributed by atoms with Crippen LogP contribution < -0.4 is 0 Å². The third kappa shape index (κ3) is 16.2. The second-order valence-corrected chi connectivity index (χ2v) is 6.32. The number of hydrogen-bond donors (Lipinski definition) is 1. The van der Waals surface area contributed by atoms with Crippen molar-refractivity contribution in [3.05, 3.63) is 0 Å². The van der Waals surface area contributed by atoms with E-state index in [9.17, 15) is 0 Å². The SMILES string of the molecule is CCCCCCCCCCCCCCCC[Si]O. The molecular formula is C16H34OSi. The van der Waals surface area contributed by atoms with Crippen LogP contribution in [0.5, 0.6) is 0 Å². The quantitative estimate of drug-likeness (QED) is 0.308. The van der Waals surface area contributed by atoms with Gasteiger partial charge < -0.3 is 4.80 Å². The van der Waals surface area contributed by atoms with Crippen LogP contribution in [0, 0.1) is 0 Å². The van der Waals surface area contributed by atoms with Gasteiger partial charge in [-0.1, -0.05) is 96.8 Å². The van der Waals surface area contributed by atoms with Gasteiger partial charge in [-0.15, -0.1) is 0 Å². The van der Waals surface area contributed by atoms with Crippen LogP contribution in [0.25, 0.3) is 0 Å². The zero-order valence-corrected chi connectivity index (χ0v) is 13.6. The molecular weight excluding hydrogens is 236 g/mol. The molecule has 0 saturated carbocycles. The van der Waals surface area contributed by atoms with Crippen LogP contribution >= 0.6 is 0 Å². The van der Waals surface area contributed by atoms with Gasteiger partial charge >= 0.3 is 0 Å². The highest BCUT2D eigenvalue weighted by atomic mass is 28.2. The van der Waals surface area contributed by atoms with Crippen molar-refractivity contribution >= 4 is 9.76 Å². The Balaban J connectivity index is 2.86. The summed E-state index contributed by atoms with van der Waals surface area (Å²) < 4.78 is 0. The summed E-state index contributed by atoms with van der Waals surface area (Å²) >= 11 is 0. The van der Waals surface area contributed by atoms with Crippen LogP contribution in [0.2, 0.25) is 6.04 Å². The molecule has 18 heavy (non-hydrogen) atoms. The second-order valence-electron chi connectivity index (χ2n) is 5.50. The largest absolute Gasteiger partial charge is 0.432 e. The molecule has 0 unspecified atom stereocenters. The average Bonchev–Trinajstić information content (AvgIpc) is 2.39. The molecule has 0 aliphatic carbocycles. The van der Waals surface area contributed by atoms with Crippen molar-refractivity contribution in [2.45, 2.75) is 103 Å². The monoisotopic (exact) mass is 270 g/mol. The molecule has 0 saturated heterocycles. The summed E-state index contributed by atoms with van der Waals surface area (Å²) in [4.78, 5) is 8.69. The highest BCUT2D eigenvalue weighted by Gasteiger charge is 1.94. The molecule has 0 bridgehead atoms. The molecule has 0 aromatic carbocycles. The lowest BCUT2D eigenvalue weighted by Crippen LogP contribution is -1.86. The van der Waals surface area contributed by atoms with E-state index in [1.54, 1.807) is 0 Å². The average molecular weight is 271 g/mol. The van der Waals surface area contributed by atoms with Gasteiger partial charge in [0.2, 0.25) is 9.76 Å². The first-order valence-electron chi connectivity index (χ1n) is 8.28. The molecule has 0 rings (SSSR count). The van der Waals surface area contributed by atoms with Crippen LogP contribution in [-0.2, 0) is 0 Å². The Bertz CT molecular complexity index is 123. The lowest BCUT2D eigenvalue weighted by Gasteiger charge is -2.02. The van der Waals surface area contributed by atoms with Crippen LogP contribution in [-0.4, -0.2) is 14.6 Å². The molecule has 0 fully saturated rings. The van der Waals surface area contributed by atoms with Gasteiger partial charge in [-0.25, -0.2) is 0 Å². The van der Waals surface area contributed by atoms with E-state index in [2.05, 4.69) is 6.92 Å². The Morgan fingerprint density at radius 3 is 1.22 bits per heavy atom. The number of unbranched alkanes of at least 4 members (excludes halogenated alkanes) is 13. The number of hydrogen-bond acceptors (Lipinski definition) is 1. The molecule has 2 heteroatoms. The molecule has 0 aromatic rings. The van der Waals surface area contributed by atoms with Crippen LogP contribution in [0.1, 0.15) is 96.8 Å². The maximum atomic E-state index is 8.69. The minimum Gasteiger partial charge on any atom is -0.432 e. The molecule has 0 atom stereocenters. The van der Waals surface area contributed by atoms with Crippen LogP contribution in [0.3, 0.4) is 0 Å². The first kappa shape index (κ1) is 18.2. The molecule has 2 radical (unpaired) electrons. The normalized spacial score (nSPS) is 11.0. The minimum absolute atomic E-state index is 0.169. The summed E-state index contributed by atoms with van der Waals surface area (Å²) in [5, 5.41) is 0. The zero-order valence-electron chi connectivity index (χ0n) is 12.6. The van der Waals surface area contributed by atoms with E-state index < -0.39 is 0 Å². The Labute approximate surface area is 118 Å². The predicted octanol–water partition coefficient (Wildman–Crippen LogP) is 5.50. The van der Waals surface area contributed by atoms with E-state index in [0.717, 1.165) is 6.04 Å². The van der Waals surface area contributed by atoms with Crippen LogP contribution in [0.4, 0.5) is 0 Å². The Morgan fingerprint density at radius 1 is 0.556 bits per heavy atom. The highest BCUT2D eigenvalue weighted by molar-refractivity contribution is 6.25. The van der Waals surface area contributed by atoms with E-state index >= 15 is 0 Å². The second kappa shape index (κ2) is 17.2. The first-order valence-corrected chi connectivity index (χ1v) is 9.44. The van der Waals surface area contributed by atoms with E-state index in [0.29, 0.717) is 0 Å². The third-order valence-corrected chi connectivity index (χ3v) is 4.22. The fourth-order valence-corrected chi connectivity index (χ4v) is 2.81. The van der Waals surface area contributed by atoms with E-state index in [1.165, 1.54) is 89.9 Å². The molecule has 0 aromatic heterocycles. The van der Waals surface area contributed by atoms with Crippen molar-refractivity contribution in [2.24, 2.45) is 0 Å². The zero-order chi connectivity index (χ0) is 13.3. The molecule has 0 spiro atoms.